The Morgan fingerprint density at radius 2 is 2.29 bits per heavy atom. The van der Waals surface area contributed by atoms with Crippen molar-refractivity contribution in [2.45, 2.75) is 6.92 Å². The first-order chi connectivity index (χ1) is 8.04. The van der Waals surface area contributed by atoms with Gasteiger partial charge in [0.2, 0.25) is 0 Å². The van der Waals surface area contributed by atoms with Crippen molar-refractivity contribution < 1.29 is 14.5 Å². The Bertz CT molecular complexity index is 436. The van der Waals surface area contributed by atoms with E-state index < -0.39 is 10.9 Å². The third-order valence-electron chi connectivity index (χ3n) is 1.88. The van der Waals surface area contributed by atoms with Crippen LogP contribution in [0.4, 0.5) is 11.4 Å². The Hall–Kier alpha value is -1.38. The van der Waals surface area contributed by atoms with Crippen LogP contribution in [0.15, 0.2) is 18.2 Å². The molecule has 0 saturated carbocycles. The first-order valence-corrected chi connectivity index (χ1v) is 5.96. The molecular formula is C10H11IN2O4. The Morgan fingerprint density at radius 1 is 1.59 bits per heavy atom. The highest BCUT2D eigenvalue weighted by atomic mass is 127. The molecule has 0 unspecified atom stereocenters. The summed E-state index contributed by atoms with van der Waals surface area (Å²) >= 11 is 1.99. The van der Waals surface area contributed by atoms with Crippen molar-refractivity contribution in [1.82, 2.24) is 0 Å². The zero-order valence-electron chi connectivity index (χ0n) is 9.10. The van der Waals surface area contributed by atoms with E-state index >= 15 is 0 Å². The number of esters is 1. The summed E-state index contributed by atoms with van der Waals surface area (Å²) in [5, 5.41) is 13.5. The van der Waals surface area contributed by atoms with Crippen LogP contribution in [0.3, 0.4) is 0 Å². The van der Waals surface area contributed by atoms with Gasteiger partial charge in [-0.1, -0.05) is 0 Å². The zero-order valence-corrected chi connectivity index (χ0v) is 11.3. The first-order valence-electron chi connectivity index (χ1n) is 4.88. The minimum absolute atomic E-state index is 0.0544. The van der Waals surface area contributed by atoms with Crippen LogP contribution in [0.1, 0.15) is 6.92 Å². The lowest BCUT2D eigenvalue weighted by Gasteiger charge is -2.06. The standard InChI is InChI=1S/C10H11IN2O4/c1-2-17-10(14)6-12-8-4-3-7(11)5-9(8)13(15)16/h3-5,12H,2,6H2,1H3. The summed E-state index contributed by atoms with van der Waals surface area (Å²) in [5.74, 6) is -0.444. The molecule has 0 fully saturated rings. The van der Waals surface area contributed by atoms with Gasteiger partial charge in [0.05, 0.1) is 11.5 Å². The van der Waals surface area contributed by atoms with E-state index in [9.17, 15) is 14.9 Å². The van der Waals surface area contributed by atoms with Gasteiger partial charge in [-0.3, -0.25) is 14.9 Å². The fourth-order valence-corrected chi connectivity index (χ4v) is 1.66. The van der Waals surface area contributed by atoms with Crippen LogP contribution < -0.4 is 5.32 Å². The minimum Gasteiger partial charge on any atom is -0.465 e. The second-order valence-electron chi connectivity index (χ2n) is 3.08. The van der Waals surface area contributed by atoms with Crippen molar-refractivity contribution >= 4 is 39.9 Å². The molecule has 0 bridgehead atoms. The number of rotatable bonds is 5. The van der Waals surface area contributed by atoms with Gasteiger partial charge in [0.25, 0.3) is 5.69 Å². The van der Waals surface area contributed by atoms with Gasteiger partial charge < -0.3 is 10.1 Å². The molecule has 1 rings (SSSR count). The van der Waals surface area contributed by atoms with Crippen molar-refractivity contribution in [2.24, 2.45) is 0 Å². The van der Waals surface area contributed by atoms with Crippen molar-refractivity contribution in [3.63, 3.8) is 0 Å². The van der Waals surface area contributed by atoms with Gasteiger partial charge in [-0.15, -0.1) is 0 Å². The third-order valence-corrected chi connectivity index (χ3v) is 2.56. The maximum Gasteiger partial charge on any atom is 0.325 e. The van der Waals surface area contributed by atoms with Crippen LogP contribution in [0.5, 0.6) is 0 Å². The molecule has 0 aliphatic rings. The van der Waals surface area contributed by atoms with E-state index in [1.54, 1.807) is 19.1 Å². The van der Waals surface area contributed by atoms with Crippen molar-refractivity contribution in [3.8, 4) is 0 Å². The van der Waals surface area contributed by atoms with Crippen molar-refractivity contribution in [1.29, 1.82) is 0 Å². The fraction of sp³-hybridized carbons (Fsp3) is 0.300. The highest BCUT2D eigenvalue weighted by Crippen LogP contribution is 2.25. The highest BCUT2D eigenvalue weighted by Gasteiger charge is 2.14. The van der Waals surface area contributed by atoms with E-state index in [0.717, 1.165) is 3.57 Å². The maximum absolute atomic E-state index is 11.1. The number of hydrogen-bond donors (Lipinski definition) is 1. The number of anilines is 1. The van der Waals surface area contributed by atoms with Crippen LogP contribution in [0.2, 0.25) is 0 Å². The molecule has 1 aromatic carbocycles. The molecule has 0 amide bonds. The Balaban J connectivity index is 2.77. The molecule has 0 atom stereocenters. The van der Waals surface area contributed by atoms with Gasteiger partial charge in [-0.2, -0.15) is 0 Å². The van der Waals surface area contributed by atoms with Crippen LogP contribution >= 0.6 is 22.6 Å². The first kappa shape index (κ1) is 13.7. The van der Waals surface area contributed by atoms with Gasteiger partial charge in [0.15, 0.2) is 0 Å². The van der Waals surface area contributed by atoms with Crippen LogP contribution in [-0.4, -0.2) is 24.0 Å². The maximum atomic E-state index is 11.1. The smallest absolute Gasteiger partial charge is 0.325 e. The monoisotopic (exact) mass is 350 g/mol. The summed E-state index contributed by atoms with van der Waals surface area (Å²) < 4.78 is 5.48. The summed E-state index contributed by atoms with van der Waals surface area (Å²) in [5.41, 5.74) is 0.254. The Kier molecular flexibility index (Phi) is 5.13. The van der Waals surface area contributed by atoms with Gasteiger partial charge in [-0.05, 0) is 41.6 Å². The van der Waals surface area contributed by atoms with Crippen molar-refractivity contribution in [3.05, 3.63) is 31.9 Å². The SMILES string of the molecule is CCOC(=O)CNc1ccc(I)cc1[N+](=O)[O-]. The number of carbonyl (C=O) groups excluding carboxylic acids is 1. The summed E-state index contributed by atoms with van der Waals surface area (Å²) in [7, 11) is 0. The lowest BCUT2D eigenvalue weighted by atomic mass is 10.2. The molecule has 1 aromatic rings. The Morgan fingerprint density at radius 3 is 2.88 bits per heavy atom. The molecule has 0 aliphatic carbocycles. The predicted molar refractivity (Wildman–Crippen MR) is 70.9 cm³/mol. The highest BCUT2D eigenvalue weighted by molar-refractivity contribution is 14.1. The van der Waals surface area contributed by atoms with Gasteiger partial charge in [0.1, 0.15) is 12.2 Å². The molecule has 17 heavy (non-hydrogen) atoms. The average Bonchev–Trinajstić information content (AvgIpc) is 2.27. The molecule has 92 valence electrons. The number of halogens is 1. The minimum atomic E-state index is -0.490. The van der Waals surface area contributed by atoms with Gasteiger partial charge in [0, 0.05) is 9.64 Å². The van der Waals surface area contributed by atoms with E-state index in [1.807, 2.05) is 22.6 Å². The quantitative estimate of drug-likeness (QED) is 0.381. The molecular weight excluding hydrogens is 339 g/mol. The topological polar surface area (TPSA) is 81.5 Å². The number of carbonyl (C=O) groups is 1. The number of benzene rings is 1. The largest absolute Gasteiger partial charge is 0.465 e. The summed E-state index contributed by atoms with van der Waals surface area (Å²) in [4.78, 5) is 21.4. The third kappa shape index (κ3) is 4.17. The molecule has 1 N–H and O–H groups in total. The lowest BCUT2D eigenvalue weighted by molar-refractivity contribution is -0.384. The predicted octanol–water partition coefficient (Wildman–Crippen LogP) is 2.17. The second-order valence-corrected chi connectivity index (χ2v) is 4.32. The number of nitrogens with one attached hydrogen (secondary N) is 1. The molecule has 0 spiro atoms. The number of nitro benzene ring substituents is 1. The molecule has 0 aromatic heterocycles. The number of hydrogen-bond acceptors (Lipinski definition) is 5. The summed E-state index contributed by atoms with van der Waals surface area (Å²) in [6.07, 6.45) is 0. The van der Waals surface area contributed by atoms with Crippen LogP contribution in [0.25, 0.3) is 0 Å². The van der Waals surface area contributed by atoms with E-state index in [-0.39, 0.29) is 18.8 Å². The summed E-state index contributed by atoms with van der Waals surface area (Å²) in [6.45, 7) is 1.90. The molecule has 0 radical (unpaired) electrons. The number of ether oxygens (including phenoxy) is 1. The lowest BCUT2D eigenvalue weighted by Crippen LogP contribution is -2.17. The molecule has 7 heteroatoms. The van der Waals surface area contributed by atoms with Crippen LogP contribution in [-0.2, 0) is 9.53 Å². The molecule has 0 saturated heterocycles. The number of nitro groups is 1. The fourth-order valence-electron chi connectivity index (χ4n) is 1.18. The van der Waals surface area contributed by atoms with E-state index in [4.69, 9.17) is 4.74 Å². The average molecular weight is 350 g/mol. The molecule has 0 heterocycles. The Labute approximate surface area is 112 Å². The van der Waals surface area contributed by atoms with Gasteiger partial charge in [-0.25, -0.2) is 0 Å². The van der Waals surface area contributed by atoms with Crippen LogP contribution in [0, 0.1) is 13.7 Å². The second kappa shape index (κ2) is 6.38. The summed E-state index contributed by atoms with van der Waals surface area (Å²) in [6, 6.07) is 4.73. The number of nitrogens with zero attached hydrogens (tertiary/aromatic N) is 1. The van der Waals surface area contributed by atoms with E-state index in [0.29, 0.717) is 5.69 Å². The normalized spacial score (nSPS) is 9.76. The molecule has 6 nitrogen and oxygen atoms in total. The van der Waals surface area contributed by atoms with Gasteiger partial charge >= 0.3 is 5.97 Å². The molecule has 0 aliphatic heterocycles. The zero-order chi connectivity index (χ0) is 12.8. The van der Waals surface area contributed by atoms with E-state index in [2.05, 4.69) is 5.32 Å². The van der Waals surface area contributed by atoms with E-state index in [1.165, 1.54) is 6.07 Å². The van der Waals surface area contributed by atoms with Crippen molar-refractivity contribution in [2.75, 3.05) is 18.5 Å².